The van der Waals surface area contributed by atoms with Crippen LogP contribution in [-0.4, -0.2) is 55.5 Å². The third kappa shape index (κ3) is 4.61. The van der Waals surface area contributed by atoms with Crippen molar-refractivity contribution in [2.45, 2.75) is 19.9 Å². The first-order valence-electron chi connectivity index (χ1n) is 8.20. The molecule has 2 rings (SSSR count). The monoisotopic (exact) mass is 352 g/mol. The third-order valence-electron chi connectivity index (χ3n) is 4.26. The van der Waals surface area contributed by atoms with Crippen LogP contribution in [0.2, 0.25) is 5.02 Å². The van der Waals surface area contributed by atoms with Gasteiger partial charge in [0.2, 0.25) is 11.8 Å². The van der Waals surface area contributed by atoms with E-state index in [1.165, 1.54) is 0 Å². The molecule has 1 saturated heterocycles. The lowest BCUT2D eigenvalue weighted by atomic mass is 10.1. The van der Waals surface area contributed by atoms with Crippen LogP contribution in [0.3, 0.4) is 0 Å². The summed E-state index contributed by atoms with van der Waals surface area (Å²) in [6, 6.07) is 7.10. The summed E-state index contributed by atoms with van der Waals surface area (Å²) in [5, 5.41) is 3.34. The summed E-state index contributed by atoms with van der Waals surface area (Å²) >= 11 is 6.21. The molecule has 2 amide bonds. The van der Waals surface area contributed by atoms with Gasteiger partial charge in [-0.1, -0.05) is 37.6 Å². The highest BCUT2D eigenvalue weighted by molar-refractivity contribution is 6.33. The Balaban J connectivity index is 1.81. The van der Waals surface area contributed by atoms with E-state index in [1.54, 1.807) is 4.90 Å². The molecule has 1 heterocycles. The minimum absolute atomic E-state index is 0.00858. The summed E-state index contributed by atoms with van der Waals surface area (Å²) in [4.78, 5) is 28.0. The zero-order valence-corrected chi connectivity index (χ0v) is 14.9. The lowest BCUT2D eigenvalue weighted by Crippen LogP contribution is -2.53. The predicted octanol–water partition coefficient (Wildman–Crippen LogP) is 1.09. The van der Waals surface area contributed by atoms with Gasteiger partial charge in [-0.2, -0.15) is 0 Å². The molecule has 0 radical (unpaired) electrons. The average molecular weight is 353 g/mol. The second-order valence-electron chi connectivity index (χ2n) is 6.31. The quantitative estimate of drug-likeness (QED) is 0.831. The number of hydrogen-bond acceptors (Lipinski definition) is 4. The summed E-state index contributed by atoms with van der Waals surface area (Å²) in [7, 11) is 0. The van der Waals surface area contributed by atoms with Crippen molar-refractivity contribution in [3.05, 3.63) is 29.3 Å². The number of para-hydroxylation sites is 1. The number of amides is 2. The van der Waals surface area contributed by atoms with Gasteiger partial charge in [-0.15, -0.1) is 0 Å². The van der Waals surface area contributed by atoms with E-state index in [0.29, 0.717) is 18.1 Å². The number of anilines is 1. The number of nitrogens with one attached hydrogen (secondary N) is 1. The van der Waals surface area contributed by atoms with Crippen LogP contribution in [0.5, 0.6) is 0 Å². The van der Waals surface area contributed by atoms with Gasteiger partial charge >= 0.3 is 0 Å². The van der Waals surface area contributed by atoms with E-state index >= 15 is 0 Å². The molecule has 1 aromatic rings. The van der Waals surface area contributed by atoms with E-state index in [-0.39, 0.29) is 24.3 Å². The fourth-order valence-electron chi connectivity index (χ4n) is 2.60. The highest BCUT2D eigenvalue weighted by Crippen LogP contribution is 2.25. The smallest absolute Gasteiger partial charge is 0.242 e. The molecule has 1 aliphatic heterocycles. The summed E-state index contributed by atoms with van der Waals surface area (Å²) in [5.41, 5.74) is 6.75. The van der Waals surface area contributed by atoms with Crippen molar-refractivity contribution in [2.75, 3.05) is 37.6 Å². The standard InChI is InChI=1S/C17H25ClN4O2/c1-12(2)16(19)17(24)20-11-15(23)22-9-7-21(8-10-22)14-6-4-3-5-13(14)18/h3-6,12,16H,7-11,19H2,1-2H3,(H,20,24)/t16-/m0/s1. The SMILES string of the molecule is CC(C)[C@H](N)C(=O)NCC(=O)N1CCN(c2ccccc2Cl)CC1. The second-order valence-corrected chi connectivity index (χ2v) is 6.71. The molecule has 0 aliphatic carbocycles. The molecule has 1 fully saturated rings. The third-order valence-corrected chi connectivity index (χ3v) is 4.58. The number of carbonyl (C=O) groups is 2. The fraction of sp³-hybridized carbons (Fsp3) is 0.529. The van der Waals surface area contributed by atoms with Gasteiger partial charge < -0.3 is 20.9 Å². The van der Waals surface area contributed by atoms with Gasteiger partial charge in [0, 0.05) is 26.2 Å². The Morgan fingerprint density at radius 2 is 1.83 bits per heavy atom. The summed E-state index contributed by atoms with van der Waals surface area (Å²) in [6.07, 6.45) is 0. The maximum atomic E-state index is 12.2. The molecule has 6 nitrogen and oxygen atoms in total. The fourth-order valence-corrected chi connectivity index (χ4v) is 2.86. The van der Waals surface area contributed by atoms with Crippen LogP contribution in [0.15, 0.2) is 24.3 Å². The lowest BCUT2D eigenvalue weighted by molar-refractivity contribution is -0.133. The molecule has 0 bridgehead atoms. The largest absolute Gasteiger partial charge is 0.367 e. The van der Waals surface area contributed by atoms with E-state index in [2.05, 4.69) is 10.2 Å². The van der Waals surface area contributed by atoms with Gasteiger partial charge in [-0.3, -0.25) is 9.59 Å². The zero-order chi connectivity index (χ0) is 17.7. The van der Waals surface area contributed by atoms with E-state index in [1.807, 2.05) is 38.1 Å². The molecule has 0 saturated carbocycles. The number of rotatable bonds is 5. The minimum atomic E-state index is -0.588. The Kier molecular flexibility index (Phi) is 6.45. The van der Waals surface area contributed by atoms with E-state index in [0.717, 1.165) is 18.8 Å². The van der Waals surface area contributed by atoms with E-state index in [9.17, 15) is 9.59 Å². The van der Waals surface area contributed by atoms with Gasteiger partial charge in [-0.05, 0) is 18.1 Å². The van der Waals surface area contributed by atoms with E-state index < -0.39 is 6.04 Å². The highest BCUT2D eigenvalue weighted by atomic mass is 35.5. The number of benzene rings is 1. The van der Waals surface area contributed by atoms with Crippen molar-refractivity contribution in [3.8, 4) is 0 Å². The van der Waals surface area contributed by atoms with Crippen molar-refractivity contribution >= 4 is 29.1 Å². The van der Waals surface area contributed by atoms with Crippen LogP contribution in [0.25, 0.3) is 0 Å². The first kappa shape index (κ1) is 18.5. The van der Waals surface area contributed by atoms with Gasteiger partial charge in [0.15, 0.2) is 0 Å². The van der Waals surface area contributed by atoms with Crippen molar-refractivity contribution in [1.29, 1.82) is 0 Å². The van der Waals surface area contributed by atoms with Crippen LogP contribution in [-0.2, 0) is 9.59 Å². The Hall–Kier alpha value is -1.79. The van der Waals surface area contributed by atoms with Crippen LogP contribution in [0.1, 0.15) is 13.8 Å². The maximum absolute atomic E-state index is 12.2. The van der Waals surface area contributed by atoms with E-state index in [4.69, 9.17) is 17.3 Å². The van der Waals surface area contributed by atoms with Crippen LogP contribution >= 0.6 is 11.6 Å². The topological polar surface area (TPSA) is 78.7 Å². The van der Waals surface area contributed by atoms with Gasteiger partial charge in [0.1, 0.15) is 0 Å². The molecule has 1 aromatic carbocycles. The Bertz CT molecular complexity index is 586. The summed E-state index contributed by atoms with van der Waals surface area (Å²) in [5.74, 6) is -0.328. The summed E-state index contributed by atoms with van der Waals surface area (Å²) in [6.45, 7) is 6.39. The van der Waals surface area contributed by atoms with Crippen LogP contribution in [0, 0.1) is 5.92 Å². The summed E-state index contributed by atoms with van der Waals surface area (Å²) < 4.78 is 0. The minimum Gasteiger partial charge on any atom is -0.367 e. The lowest BCUT2D eigenvalue weighted by Gasteiger charge is -2.36. The molecule has 1 aliphatic rings. The predicted molar refractivity (Wildman–Crippen MR) is 96.1 cm³/mol. The molecule has 3 N–H and O–H groups in total. The van der Waals surface area contributed by atoms with Crippen LogP contribution < -0.4 is 16.0 Å². The van der Waals surface area contributed by atoms with Gasteiger partial charge in [0.05, 0.1) is 23.3 Å². The van der Waals surface area contributed by atoms with Crippen molar-refractivity contribution in [3.63, 3.8) is 0 Å². The molecule has 0 spiro atoms. The molecule has 132 valence electrons. The molecule has 0 aromatic heterocycles. The number of piperazine rings is 1. The first-order chi connectivity index (χ1) is 11.4. The van der Waals surface area contributed by atoms with Gasteiger partial charge in [0.25, 0.3) is 0 Å². The zero-order valence-electron chi connectivity index (χ0n) is 14.2. The number of carbonyl (C=O) groups excluding carboxylic acids is 2. The van der Waals surface area contributed by atoms with Crippen molar-refractivity contribution in [1.82, 2.24) is 10.2 Å². The number of nitrogens with zero attached hydrogens (tertiary/aromatic N) is 2. The first-order valence-corrected chi connectivity index (χ1v) is 8.58. The van der Waals surface area contributed by atoms with Crippen molar-refractivity contribution < 1.29 is 9.59 Å². The molecule has 1 atom stereocenters. The Morgan fingerprint density at radius 3 is 2.42 bits per heavy atom. The number of halogens is 1. The second kappa shape index (κ2) is 8.35. The van der Waals surface area contributed by atoms with Crippen LogP contribution in [0.4, 0.5) is 5.69 Å². The van der Waals surface area contributed by atoms with Gasteiger partial charge in [-0.25, -0.2) is 0 Å². The Morgan fingerprint density at radius 1 is 1.21 bits per heavy atom. The number of hydrogen-bond donors (Lipinski definition) is 2. The average Bonchev–Trinajstić information content (AvgIpc) is 2.59. The molecular weight excluding hydrogens is 328 g/mol. The molecule has 0 unspecified atom stereocenters. The molecular formula is C17H25ClN4O2. The number of nitrogens with two attached hydrogens (primary N) is 1. The van der Waals surface area contributed by atoms with Crippen molar-refractivity contribution in [2.24, 2.45) is 11.7 Å². The highest BCUT2D eigenvalue weighted by Gasteiger charge is 2.23. The molecule has 24 heavy (non-hydrogen) atoms. The molecule has 7 heteroatoms. The maximum Gasteiger partial charge on any atom is 0.242 e. The Labute approximate surface area is 147 Å². The normalized spacial score (nSPS) is 16.2.